The van der Waals surface area contributed by atoms with Gasteiger partial charge in [0, 0.05) is 19.1 Å². The molecular weight excluding hydrogens is 200 g/mol. The molecule has 16 heavy (non-hydrogen) atoms. The van der Waals surface area contributed by atoms with E-state index in [-0.39, 0.29) is 12.1 Å². The van der Waals surface area contributed by atoms with Gasteiger partial charge in [-0.3, -0.25) is 4.90 Å². The number of aliphatic hydroxyl groups excluding tert-OH is 1. The number of hydrogen-bond donors (Lipinski definition) is 2. The van der Waals surface area contributed by atoms with Gasteiger partial charge >= 0.3 is 0 Å². The van der Waals surface area contributed by atoms with Gasteiger partial charge in [-0.1, -0.05) is 29.8 Å². The van der Waals surface area contributed by atoms with Crippen LogP contribution in [-0.4, -0.2) is 36.2 Å². The lowest BCUT2D eigenvalue weighted by Gasteiger charge is -2.28. The zero-order chi connectivity index (χ0) is 12.1. The van der Waals surface area contributed by atoms with Crippen molar-refractivity contribution in [2.75, 3.05) is 20.1 Å². The monoisotopic (exact) mass is 222 g/mol. The second-order valence-corrected chi connectivity index (χ2v) is 4.45. The number of rotatable bonds is 5. The van der Waals surface area contributed by atoms with Crippen LogP contribution in [0.2, 0.25) is 0 Å². The lowest BCUT2D eigenvalue weighted by atomic mass is 10.0. The van der Waals surface area contributed by atoms with Crippen molar-refractivity contribution in [3.63, 3.8) is 0 Å². The first-order chi connectivity index (χ1) is 7.54. The molecule has 3 N–H and O–H groups in total. The summed E-state index contributed by atoms with van der Waals surface area (Å²) in [6, 6.07) is 8.53. The Labute approximate surface area is 97.9 Å². The molecule has 0 amide bonds. The molecule has 0 aliphatic heterocycles. The van der Waals surface area contributed by atoms with E-state index in [1.54, 1.807) is 6.92 Å². The fourth-order valence-electron chi connectivity index (χ4n) is 1.99. The Kier molecular flexibility index (Phi) is 4.93. The van der Waals surface area contributed by atoms with Crippen LogP contribution in [0.15, 0.2) is 24.3 Å². The van der Waals surface area contributed by atoms with E-state index in [2.05, 4.69) is 30.0 Å². The van der Waals surface area contributed by atoms with Gasteiger partial charge < -0.3 is 10.8 Å². The SMILES string of the molecule is Cc1cccc(C(CN)N(C)CC(C)O)c1. The molecule has 0 bridgehead atoms. The van der Waals surface area contributed by atoms with E-state index in [0.29, 0.717) is 13.1 Å². The van der Waals surface area contributed by atoms with Crippen LogP contribution < -0.4 is 5.73 Å². The molecule has 2 unspecified atom stereocenters. The number of aliphatic hydroxyl groups is 1. The van der Waals surface area contributed by atoms with E-state index < -0.39 is 0 Å². The Hall–Kier alpha value is -0.900. The highest BCUT2D eigenvalue weighted by Crippen LogP contribution is 2.19. The quantitative estimate of drug-likeness (QED) is 0.789. The standard InChI is InChI=1S/C13H22N2O/c1-10-5-4-6-12(7-10)13(8-14)15(3)9-11(2)16/h4-7,11,13,16H,8-9,14H2,1-3H3. The van der Waals surface area contributed by atoms with Crippen molar-refractivity contribution in [2.45, 2.75) is 26.0 Å². The van der Waals surface area contributed by atoms with E-state index in [9.17, 15) is 5.11 Å². The molecule has 0 aromatic heterocycles. The average Bonchev–Trinajstić information content (AvgIpc) is 2.17. The number of likely N-dealkylation sites (N-methyl/N-ethyl adjacent to an activating group) is 1. The third-order valence-corrected chi connectivity index (χ3v) is 2.73. The zero-order valence-electron chi connectivity index (χ0n) is 10.4. The lowest BCUT2D eigenvalue weighted by Crippen LogP contribution is -2.35. The topological polar surface area (TPSA) is 49.5 Å². The first-order valence-electron chi connectivity index (χ1n) is 5.69. The van der Waals surface area contributed by atoms with Gasteiger partial charge in [-0.05, 0) is 26.5 Å². The molecule has 0 aliphatic rings. The summed E-state index contributed by atoms with van der Waals surface area (Å²) in [6.45, 7) is 5.06. The fraction of sp³-hybridized carbons (Fsp3) is 0.538. The Morgan fingerprint density at radius 1 is 1.44 bits per heavy atom. The first-order valence-corrected chi connectivity index (χ1v) is 5.69. The van der Waals surface area contributed by atoms with Crippen molar-refractivity contribution in [2.24, 2.45) is 5.73 Å². The van der Waals surface area contributed by atoms with E-state index in [1.807, 2.05) is 13.1 Å². The summed E-state index contributed by atoms with van der Waals surface area (Å²) in [5.74, 6) is 0. The van der Waals surface area contributed by atoms with Crippen LogP contribution in [0.3, 0.4) is 0 Å². The minimum absolute atomic E-state index is 0.175. The Morgan fingerprint density at radius 3 is 2.62 bits per heavy atom. The summed E-state index contributed by atoms with van der Waals surface area (Å²) in [4.78, 5) is 2.10. The van der Waals surface area contributed by atoms with E-state index >= 15 is 0 Å². The smallest absolute Gasteiger partial charge is 0.0639 e. The molecular formula is C13H22N2O. The maximum Gasteiger partial charge on any atom is 0.0639 e. The molecule has 1 rings (SSSR count). The van der Waals surface area contributed by atoms with Gasteiger partial charge in [0.15, 0.2) is 0 Å². The highest BCUT2D eigenvalue weighted by molar-refractivity contribution is 5.25. The number of nitrogens with zero attached hydrogens (tertiary/aromatic N) is 1. The molecule has 2 atom stereocenters. The summed E-state index contributed by atoms with van der Waals surface area (Å²) in [5, 5.41) is 9.39. The number of hydrogen-bond acceptors (Lipinski definition) is 3. The molecule has 0 fully saturated rings. The molecule has 0 aliphatic carbocycles. The number of benzene rings is 1. The Morgan fingerprint density at radius 2 is 2.12 bits per heavy atom. The van der Waals surface area contributed by atoms with Crippen molar-refractivity contribution in [1.29, 1.82) is 0 Å². The summed E-state index contributed by atoms with van der Waals surface area (Å²) in [6.07, 6.45) is -0.330. The molecule has 1 aromatic carbocycles. The fourth-order valence-corrected chi connectivity index (χ4v) is 1.99. The van der Waals surface area contributed by atoms with Gasteiger partial charge in [-0.15, -0.1) is 0 Å². The van der Waals surface area contributed by atoms with Crippen molar-refractivity contribution in [1.82, 2.24) is 4.90 Å². The normalized spacial score (nSPS) is 15.1. The Balaban J connectivity index is 2.81. The van der Waals surface area contributed by atoms with Crippen LogP contribution in [0.4, 0.5) is 0 Å². The van der Waals surface area contributed by atoms with Crippen molar-refractivity contribution < 1.29 is 5.11 Å². The van der Waals surface area contributed by atoms with Crippen LogP contribution in [0.25, 0.3) is 0 Å². The minimum atomic E-state index is -0.330. The first kappa shape index (κ1) is 13.2. The van der Waals surface area contributed by atoms with Gasteiger partial charge in [0.25, 0.3) is 0 Å². The van der Waals surface area contributed by atoms with E-state index in [0.717, 1.165) is 0 Å². The number of aryl methyl sites for hydroxylation is 1. The van der Waals surface area contributed by atoms with Crippen molar-refractivity contribution in [3.05, 3.63) is 35.4 Å². The maximum absolute atomic E-state index is 9.39. The second-order valence-electron chi connectivity index (χ2n) is 4.45. The summed E-state index contributed by atoms with van der Waals surface area (Å²) in [7, 11) is 1.99. The molecule has 3 heteroatoms. The molecule has 0 saturated carbocycles. The third kappa shape index (κ3) is 3.59. The predicted octanol–water partition coefficient (Wildman–Crippen LogP) is 1.31. The van der Waals surface area contributed by atoms with Crippen LogP contribution in [0.1, 0.15) is 24.1 Å². The largest absolute Gasteiger partial charge is 0.392 e. The zero-order valence-corrected chi connectivity index (χ0v) is 10.4. The molecule has 1 aromatic rings. The van der Waals surface area contributed by atoms with Gasteiger partial charge in [-0.2, -0.15) is 0 Å². The van der Waals surface area contributed by atoms with E-state index in [1.165, 1.54) is 11.1 Å². The number of nitrogens with two attached hydrogens (primary N) is 1. The predicted molar refractivity (Wildman–Crippen MR) is 67.3 cm³/mol. The van der Waals surface area contributed by atoms with Gasteiger partial charge in [0.2, 0.25) is 0 Å². The lowest BCUT2D eigenvalue weighted by molar-refractivity contribution is 0.119. The molecule has 0 spiro atoms. The second kappa shape index (κ2) is 5.99. The molecule has 3 nitrogen and oxygen atoms in total. The molecule has 0 saturated heterocycles. The van der Waals surface area contributed by atoms with Crippen molar-refractivity contribution in [3.8, 4) is 0 Å². The molecule has 0 heterocycles. The van der Waals surface area contributed by atoms with Gasteiger partial charge in [0.05, 0.1) is 6.10 Å². The average molecular weight is 222 g/mol. The molecule has 90 valence electrons. The summed E-state index contributed by atoms with van der Waals surface area (Å²) >= 11 is 0. The van der Waals surface area contributed by atoms with Crippen LogP contribution >= 0.6 is 0 Å². The maximum atomic E-state index is 9.39. The van der Waals surface area contributed by atoms with E-state index in [4.69, 9.17) is 5.73 Å². The van der Waals surface area contributed by atoms with Crippen LogP contribution in [0, 0.1) is 6.92 Å². The highest BCUT2D eigenvalue weighted by Gasteiger charge is 2.16. The Bertz CT molecular complexity index is 325. The highest BCUT2D eigenvalue weighted by atomic mass is 16.3. The molecule has 0 radical (unpaired) electrons. The third-order valence-electron chi connectivity index (χ3n) is 2.73. The van der Waals surface area contributed by atoms with Crippen LogP contribution in [0.5, 0.6) is 0 Å². The summed E-state index contributed by atoms with van der Waals surface area (Å²) in [5.41, 5.74) is 8.26. The van der Waals surface area contributed by atoms with Gasteiger partial charge in [-0.25, -0.2) is 0 Å². The van der Waals surface area contributed by atoms with Crippen LogP contribution in [-0.2, 0) is 0 Å². The minimum Gasteiger partial charge on any atom is -0.392 e. The summed E-state index contributed by atoms with van der Waals surface area (Å²) < 4.78 is 0. The van der Waals surface area contributed by atoms with Crippen molar-refractivity contribution >= 4 is 0 Å². The van der Waals surface area contributed by atoms with Gasteiger partial charge in [0.1, 0.15) is 0 Å².